The van der Waals surface area contributed by atoms with Crippen LogP contribution in [0.1, 0.15) is 15.9 Å². The van der Waals surface area contributed by atoms with Gasteiger partial charge in [0, 0.05) is 11.1 Å². The first-order chi connectivity index (χ1) is 10.1. The van der Waals surface area contributed by atoms with E-state index in [0.717, 1.165) is 11.1 Å². The number of aromatic carboxylic acids is 1. The molecule has 5 nitrogen and oxygen atoms in total. The number of aromatic nitrogens is 2. The maximum Gasteiger partial charge on any atom is 0.335 e. The number of carboxylic acid groups (broad SMARTS) is 1. The molecule has 0 saturated heterocycles. The number of carbonyl (C=O) groups is 1. The fourth-order valence-electron chi connectivity index (χ4n) is 2.00. The monoisotopic (exact) mass is 280 g/mol. The molecule has 0 aliphatic heterocycles. The topological polar surface area (TPSA) is 76.2 Å². The molecule has 0 bridgehead atoms. The van der Waals surface area contributed by atoms with Crippen LogP contribution < -0.4 is 0 Å². The van der Waals surface area contributed by atoms with Crippen LogP contribution in [0.4, 0.5) is 0 Å². The van der Waals surface area contributed by atoms with Crippen molar-refractivity contribution in [3.63, 3.8) is 0 Å². The Kier molecular flexibility index (Phi) is 3.23. The Labute approximate surface area is 120 Å². The lowest BCUT2D eigenvalue weighted by Gasteiger charge is -1.96. The van der Waals surface area contributed by atoms with E-state index in [1.165, 1.54) is 12.1 Å². The van der Waals surface area contributed by atoms with Crippen molar-refractivity contribution in [3.05, 3.63) is 59.7 Å². The van der Waals surface area contributed by atoms with E-state index in [4.69, 9.17) is 9.63 Å². The van der Waals surface area contributed by atoms with Crippen molar-refractivity contribution in [1.82, 2.24) is 10.1 Å². The van der Waals surface area contributed by atoms with Gasteiger partial charge in [0.2, 0.25) is 5.82 Å². The minimum atomic E-state index is -0.963. The largest absolute Gasteiger partial charge is 0.478 e. The number of hydrogen-bond acceptors (Lipinski definition) is 4. The molecule has 0 radical (unpaired) electrons. The molecule has 1 N–H and O–H groups in total. The summed E-state index contributed by atoms with van der Waals surface area (Å²) < 4.78 is 5.26. The SMILES string of the molecule is Cc1cccc(-c2nc(-c3ccc(C(=O)O)cc3)no2)c1. The Hall–Kier alpha value is -2.95. The summed E-state index contributed by atoms with van der Waals surface area (Å²) in [4.78, 5) is 15.2. The van der Waals surface area contributed by atoms with E-state index >= 15 is 0 Å². The van der Waals surface area contributed by atoms with E-state index in [1.807, 2.05) is 31.2 Å². The summed E-state index contributed by atoms with van der Waals surface area (Å²) in [5.41, 5.74) is 2.90. The molecule has 5 heteroatoms. The van der Waals surface area contributed by atoms with Crippen molar-refractivity contribution in [2.75, 3.05) is 0 Å². The van der Waals surface area contributed by atoms with Crippen LogP contribution in [-0.2, 0) is 0 Å². The van der Waals surface area contributed by atoms with Gasteiger partial charge in [-0.15, -0.1) is 0 Å². The minimum Gasteiger partial charge on any atom is -0.478 e. The molecule has 0 atom stereocenters. The highest BCUT2D eigenvalue weighted by atomic mass is 16.5. The first kappa shape index (κ1) is 13.1. The standard InChI is InChI=1S/C16H12N2O3/c1-10-3-2-4-13(9-10)15-17-14(18-21-15)11-5-7-12(8-6-11)16(19)20/h2-9H,1H3,(H,19,20). The van der Waals surface area contributed by atoms with Crippen molar-refractivity contribution in [2.24, 2.45) is 0 Å². The van der Waals surface area contributed by atoms with Crippen molar-refractivity contribution in [2.45, 2.75) is 6.92 Å². The third-order valence-electron chi connectivity index (χ3n) is 3.08. The van der Waals surface area contributed by atoms with Crippen LogP contribution >= 0.6 is 0 Å². The third-order valence-corrected chi connectivity index (χ3v) is 3.08. The molecule has 0 aliphatic rings. The van der Waals surface area contributed by atoms with Crippen LogP contribution in [0.2, 0.25) is 0 Å². The van der Waals surface area contributed by atoms with E-state index in [0.29, 0.717) is 17.3 Å². The van der Waals surface area contributed by atoms with Gasteiger partial charge in [-0.2, -0.15) is 4.98 Å². The van der Waals surface area contributed by atoms with Gasteiger partial charge in [-0.1, -0.05) is 35.0 Å². The molecule has 3 rings (SSSR count). The van der Waals surface area contributed by atoms with Crippen molar-refractivity contribution in [1.29, 1.82) is 0 Å². The third kappa shape index (κ3) is 2.67. The van der Waals surface area contributed by atoms with Gasteiger partial charge < -0.3 is 9.63 Å². The van der Waals surface area contributed by atoms with Crippen LogP contribution in [0.3, 0.4) is 0 Å². The number of aryl methyl sites for hydroxylation is 1. The highest BCUT2D eigenvalue weighted by Crippen LogP contribution is 2.23. The second kappa shape index (κ2) is 5.20. The summed E-state index contributed by atoms with van der Waals surface area (Å²) in [5, 5.41) is 12.8. The highest BCUT2D eigenvalue weighted by Gasteiger charge is 2.11. The highest BCUT2D eigenvalue weighted by molar-refractivity contribution is 5.88. The van der Waals surface area contributed by atoms with Crippen LogP contribution in [0.25, 0.3) is 22.8 Å². The van der Waals surface area contributed by atoms with Gasteiger partial charge in [0.1, 0.15) is 0 Å². The van der Waals surface area contributed by atoms with Crippen molar-refractivity contribution >= 4 is 5.97 Å². The van der Waals surface area contributed by atoms with Gasteiger partial charge in [0.15, 0.2) is 0 Å². The predicted molar refractivity (Wildman–Crippen MR) is 76.9 cm³/mol. The number of rotatable bonds is 3. The molecular weight excluding hydrogens is 268 g/mol. The molecule has 104 valence electrons. The minimum absolute atomic E-state index is 0.223. The summed E-state index contributed by atoms with van der Waals surface area (Å²) >= 11 is 0. The Morgan fingerprint density at radius 2 is 1.86 bits per heavy atom. The van der Waals surface area contributed by atoms with Crippen LogP contribution in [0, 0.1) is 6.92 Å². The molecule has 0 amide bonds. The first-order valence-electron chi connectivity index (χ1n) is 6.38. The van der Waals surface area contributed by atoms with Gasteiger partial charge in [-0.05, 0) is 31.2 Å². The predicted octanol–water partition coefficient (Wildman–Crippen LogP) is 3.41. The average Bonchev–Trinajstić information content (AvgIpc) is 2.97. The van der Waals surface area contributed by atoms with Crippen LogP contribution in [-0.4, -0.2) is 21.2 Å². The van der Waals surface area contributed by atoms with Gasteiger partial charge in [-0.3, -0.25) is 0 Å². The zero-order valence-electron chi connectivity index (χ0n) is 11.3. The molecule has 21 heavy (non-hydrogen) atoms. The Morgan fingerprint density at radius 1 is 1.10 bits per heavy atom. The molecule has 0 aliphatic carbocycles. The summed E-state index contributed by atoms with van der Waals surface area (Å²) in [7, 11) is 0. The first-order valence-corrected chi connectivity index (χ1v) is 6.38. The molecule has 1 heterocycles. The van der Waals surface area contributed by atoms with Crippen molar-refractivity contribution < 1.29 is 14.4 Å². The normalized spacial score (nSPS) is 10.5. The van der Waals surface area contributed by atoms with Crippen LogP contribution in [0.15, 0.2) is 53.1 Å². The van der Waals surface area contributed by atoms with E-state index in [1.54, 1.807) is 12.1 Å². The summed E-state index contributed by atoms with van der Waals surface area (Å²) in [6.45, 7) is 1.99. The number of benzene rings is 2. The van der Waals surface area contributed by atoms with Gasteiger partial charge in [0.25, 0.3) is 5.89 Å². The lowest BCUT2D eigenvalue weighted by Crippen LogP contribution is -1.95. The number of nitrogens with zero attached hydrogens (tertiary/aromatic N) is 2. The second-order valence-electron chi connectivity index (χ2n) is 4.68. The molecule has 0 fully saturated rings. The Morgan fingerprint density at radius 3 is 2.52 bits per heavy atom. The maximum absolute atomic E-state index is 10.8. The summed E-state index contributed by atoms with van der Waals surface area (Å²) in [6.07, 6.45) is 0. The molecule has 0 spiro atoms. The molecular formula is C16H12N2O3. The maximum atomic E-state index is 10.8. The lowest BCUT2D eigenvalue weighted by molar-refractivity contribution is 0.0697. The average molecular weight is 280 g/mol. The molecule has 1 aromatic heterocycles. The van der Waals surface area contributed by atoms with E-state index < -0.39 is 5.97 Å². The zero-order valence-corrected chi connectivity index (χ0v) is 11.3. The fraction of sp³-hybridized carbons (Fsp3) is 0.0625. The number of hydrogen-bond donors (Lipinski definition) is 1. The Balaban J connectivity index is 1.93. The van der Waals surface area contributed by atoms with E-state index in [9.17, 15) is 4.79 Å². The van der Waals surface area contributed by atoms with Crippen LogP contribution in [0.5, 0.6) is 0 Å². The molecule has 3 aromatic rings. The fourth-order valence-corrected chi connectivity index (χ4v) is 2.00. The summed E-state index contributed by atoms with van der Waals surface area (Å²) in [5.74, 6) is -0.0884. The quantitative estimate of drug-likeness (QED) is 0.795. The van der Waals surface area contributed by atoms with Crippen molar-refractivity contribution in [3.8, 4) is 22.8 Å². The van der Waals surface area contributed by atoms with E-state index in [-0.39, 0.29) is 5.56 Å². The van der Waals surface area contributed by atoms with Gasteiger partial charge in [0.05, 0.1) is 5.56 Å². The summed E-state index contributed by atoms with van der Waals surface area (Å²) in [6, 6.07) is 14.1. The molecule has 0 saturated carbocycles. The molecule has 2 aromatic carbocycles. The second-order valence-corrected chi connectivity index (χ2v) is 4.68. The smallest absolute Gasteiger partial charge is 0.335 e. The zero-order chi connectivity index (χ0) is 14.8. The lowest BCUT2D eigenvalue weighted by atomic mass is 10.1. The van der Waals surface area contributed by atoms with Gasteiger partial charge in [-0.25, -0.2) is 4.79 Å². The Bertz CT molecular complexity index is 791. The van der Waals surface area contributed by atoms with Gasteiger partial charge >= 0.3 is 5.97 Å². The van der Waals surface area contributed by atoms with E-state index in [2.05, 4.69) is 10.1 Å². The number of carboxylic acids is 1. The molecule has 0 unspecified atom stereocenters.